The standard InChI is InChI=1S/C16H24N2O2S/c1-3-17-11-8-15-4-6-16(7-5-15)21(19,20)18-12-9-14(2)10-13-18/h4-7,9,17H,3,8,10-13H2,1-2H3. The second-order valence-electron chi connectivity index (χ2n) is 5.41. The third kappa shape index (κ3) is 4.15. The predicted octanol–water partition coefficient (Wildman–Crippen LogP) is 2.18. The molecule has 1 aromatic carbocycles. The molecule has 0 bridgehead atoms. The topological polar surface area (TPSA) is 49.4 Å². The van der Waals surface area contributed by atoms with E-state index in [1.54, 1.807) is 16.4 Å². The number of rotatable bonds is 6. The van der Waals surface area contributed by atoms with Crippen LogP contribution in [0.5, 0.6) is 0 Å². The molecule has 21 heavy (non-hydrogen) atoms. The summed E-state index contributed by atoms with van der Waals surface area (Å²) < 4.78 is 26.6. The molecule has 2 rings (SSSR count). The Balaban J connectivity index is 2.07. The minimum Gasteiger partial charge on any atom is -0.317 e. The lowest BCUT2D eigenvalue weighted by Gasteiger charge is -2.24. The third-order valence-corrected chi connectivity index (χ3v) is 5.68. The Morgan fingerprint density at radius 1 is 1.24 bits per heavy atom. The van der Waals surface area contributed by atoms with E-state index < -0.39 is 10.0 Å². The van der Waals surface area contributed by atoms with Crippen molar-refractivity contribution >= 4 is 10.0 Å². The Bertz CT molecular complexity index is 591. The first-order chi connectivity index (χ1) is 10.0. The van der Waals surface area contributed by atoms with E-state index >= 15 is 0 Å². The van der Waals surface area contributed by atoms with Crippen LogP contribution in [0.3, 0.4) is 0 Å². The minimum atomic E-state index is -3.35. The van der Waals surface area contributed by atoms with Gasteiger partial charge in [-0.3, -0.25) is 0 Å². The van der Waals surface area contributed by atoms with Gasteiger partial charge in [-0.25, -0.2) is 8.42 Å². The van der Waals surface area contributed by atoms with Crippen LogP contribution in [-0.2, 0) is 16.4 Å². The minimum absolute atomic E-state index is 0.391. The molecule has 5 heteroatoms. The number of hydrogen-bond acceptors (Lipinski definition) is 3. The Kier molecular flexibility index (Phi) is 5.56. The molecule has 0 saturated heterocycles. The van der Waals surface area contributed by atoms with Gasteiger partial charge in [0.1, 0.15) is 0 Å². The summed E-state index contributed by atoms with van der Waals surface area (Å²) in [5.41, 5.74) is 2.42. The van der Waals surface area contributed by atoms with Gasteiger partial charge in [-0.15, -0.1) is 0 Å². The second-order valence-corrected chi connectivity index (χ2v) is 7.35. The fourth-order valence-corrected chi connectivity index (χ4v) is 3.74. The summed E-state index contributed by atoms with van der Waals surface area (Å²) in [5, 5.41) is 3.26. The van der Waals surface area contributed by atoms with Gasteiger partial charge in [-0.05, 0) is 50.6 Å². The van der Waals surface area contributed by atoms with Gasteiger partial charge in [0.2, 0.25) is 10.0 Å². The van der Waals surface area contributed by atoms with Gasteiger partial charge in [-0.1, -0.05) is 30.7 Å². The number of nitrogens with zero attached hydrogens (tertiary/aromatic N) is 1. The molecule has 0 aliphatic carbocycles. The largest absolute Gasteiger partial charge is 0.317 e. The van der Waals surface area contributed by atoms with Crippen LogP contribution in [0.1, 0.15) is 25.8 Å². The normalized spacial score (nSPS) is 16.8. The van der Waals surface area contributed by atoms with Gasteiger partial charge in [0, 0.05) is 13.1 Å². The summed E-state index contributed by atoms with van der Waals surface area (Å²) in [5.74, 6) is 0. The van der Waals surface area contributed by atoms with Crippen LogP contribution >= 0.6 is 0 Å². The van der Waals surface area contributed by atoms with E-state index in [4.69, 9.17) is 0 Å². The Morgan fingerprint density at radius 3 is 2.52 bits per heavy atom. The van der Waals surface area contributed by atoms with E-state index in [9.17, 15) is 8.42 Å². The van der Waals surface area contributed by atoms with E-state index in [1.807, 2.05) is 25.1 Å². The smallest absolute Gasteiger partial charge is 0.243 e. The highest BCUT2D eigenvalue weighted by atomic mass is 32.2. The summed E-state index contributed by atoms with van der Waals surface area (Å²) >= 11 is 0. The molecule has 0 atom stereocenters. The van der Waals surface area contributed by atoms with Crippen LogP contribution in [-0.4, -0.2) is 38.9 Å². The molecular weight excluding hydrogens is 284 g/mol. The maximum atomic E-state index is 12.5. The van der Waals surface area contributed by atoms with E-state index in [0.29, 0.717) is 18.0 Å². The zero-order valence-electron chi connectivity index (χ0n) is 12.8. The van der Waals surface area contributed by atoms with Crippen molar-refractivity contribution in [2.24, 2.45) is 0 Å². The summed E-state index contributed by atoms with van der Waals surface area (Å²) in [6, 6.07) is 7.27. The van der Waals surface area contributed by atoms with Crippen molar-refractivity contribution < 1.29 is 8.42 Å². The SMILES string of the molecule is CCNCCc1ccc(S(=O)(=O)N2CC=C(C)CC2)cc1. The maximum Gasteiger partial charge on any atom is 0.243 e. The molecule has 0 spiro atoms. The van der Waals surface area contributed by atoms with E-state index in [1.165, 1.54) is 5.57 Å². The molecule has 0 fully saturated rings. The zero-order chi connectivity index (χ0) is 15.3. The summed E-state index contributed by atoms with van der Waals surface area (Å²) in [7, 11) is -3.35. The fourth-order valence-electron chi connectivity index (χ4n) is 2.36. The molecule has 1 aliphatic rings. The van der Waals surface area contributed by atoms with Crippen LogP contribution in [0.25, 0.3) is 0 Å². The highest BCUT2D eigenvalue weighted by Crippen LogP contribution is 2.20. The first kappa shape index (κ1) is 16.2. The molecule has 1 aliphatic heterocycles. The van der Waals surface area contributed by atoms with Gasteiger partial charge in [0.05, 0.1) is 4.90 Å². The van der Waals surface area contributed by atoms with Crippen molar-refractivity contribution in [2.45, 2.75) is 31.6 Å². The van der Waals surface area contributed by atoms with Crippen LogP contribution < -0.4 is 5.32 Å². The van der Waals surface area contributed by atoms with E-state index in [-0.39, 0.29) is 0 Å². The number of nitrogens with one attached hydrogen (secondary N) is 1. The molecular formula is C16H24N2O2S. The average molecular weight is 308 g/mol. The average Bonchev–Trinajstić information content (AvgIpc) is 2.48. The first-order valence-electron chi connectivity index (χ1n) is 7.49. The van der Waals surface area contributed by atoms with Crippen LogP contribution in [0, 0.1) is 0 Å². The number of benzene rings is 1. The van der Waals surface area contributed by atoms with Crippen LogP contribution in [0.15, 0.2) is 40.8 Å². The Hall–Kier alpha value is -1.17. The highest BCUT2D eigenvalue weighted by molar-refractivity contribution is 7.89. The van der Waals surface area contributed by atoms with Gasteiger partial charge in [0.25, 0.3) is 0 Å². The molecule has 0 saturated carbocycles. The van der Waals surface area contributed by atoms with Crippen molar-refractivity contribution in [3.05, 3.63) is 41.5 Å². The van der Waals surface area contributed by atoms with Gasteiger partial charge in [0.15, 0.2) is 0 Å². The van der Waals surface area contributed by atoms with Crippen LogP contribution in [0.4, 0.5) is 0 Å². The summed E-state index contributed by atoms with van der Waals surface area (Å²) in [6.45, 7) is 7.05. The highest BCUT2D eigenvalue weighted by Gasteiger charge is 2.25. The molecule has 116 valence electrons. The van der Waals surface area contributed by atoms with Crippen LogP contribution in [0.2, 0.25) is 0 Å². The second kappa shape index (κ2) is 7.20. The van der Waals surface area contributed by atoms with Crippen molar-refractivity contribution in [2.75, 3.05) is 26.2 Å². The van der Waals surface area contributed by atoms with E-state index in [0.717, 1.165) is 31.5 Å². The molecule has 0 amide bonds. The lowest BCUT2D eigenvalue weighted by molar-refractivity contribution is 0.431. The number of likely N-dealkylation sites (N-methyl/N-ethyl adjacent to an activating group) is 1. The Labute approximate surface area is 127 Å². The quantitative estimate of drug-likeness (QED) is 0.647. The molecule has 4 nitrogen and oxygen atoms in total. The van der Waals surface area contributed by atoms with Gasteiger partial charge >= 0.3 is 0 Å². The molecule has 1 aromatic rings. The molecule has 0 unspecified atom stereocenters. The number of hydrogen-bond donors (Lipinski definition) is 1. The zero-order valence-corrected chi connectivity index (χ0v) is 13.6. The molecule has 0 aromatic heterocycles. The van der Waals surface area contributed by atoms with Crippen molar-refractivity contribution in [1.82, 2.24) is 9.62 Å². The first-order valence-corrected chi connectivity index (χ1v) is 8.93. The van der Waals surface area contributed by atoms with E-state index in [2.05, 4.69) is 12.2 Å². The lowest BCUT2D eigenvalue weighted by atomic mass is 10.1. The van der Waals surface area contributed by atoms with Gasteiger partial charge < -0.3 is 5.32 Å². The third-order valence-electron chi connectivity index (χ3n) is 3.80. The Morgan fingerprint density at radius 2 is 1.95 bits per heavy atom. The molecule has 1 heterocycles. The molecule has 1 N–H and O–H groups in total. The predicted molar refractivity (Wildman–Crippen MR) is 85.8 cm³/mol. The summed E-state index contributed by atoms with van der Waals surface area (Å²) in [4.78, 5) is 0.391. The number of sulfonamides is 1. The van der Waals surface area contributed by atoms with Crippen molar-refractivity contribution in [1.29, 1.82) is 0 Å². The fraction of sp³-hybridized carbons (Fsp3) is 0.500. The van der Waals surface area contributed by atoms with Crippen molar-refractivity contribution in [3.8, 4) is 0 Å². The molecule has 0 radical (unpaired) electrons. The monoisotopic (exact) mass is 308 g/mol. The lowest BCUT2D eigenvalue weighted by Crippen LogP contribution is -2.34. The van der Waals surface area contributed by atoms with Gasteiger partial charge in [-0.2, -0.15) is 4.31 Å². The maximum absolute atomic E-state index is 12.5. The van der Waals surface area contributed by atoms with Crippen molar-refractivity contribution in [3.63, 3.8) is 0 Å². The summed E-state index contributed by atoms with van der Waals surface area (Å²) in [6.07, 6.45) is 3.73.